The van der Waals surface area contributed by atoms with E-state index in [0.29, 0.717) is 46.2 Å². The summed E-state index contributed by atoms with van der Waals surface area (Å²) in [5, 5.41) is 4.22. The Kier molecular flexibility index (Phi) is 8.64. The van der Waals surface area contributed by atoms with E-state index in [0.717, 1.165) is 17.0 Å². The van der Waals surface area contributed by atoms with Crippen molar-refractivity contribution in [1.82, 2.24) is 15.1 Å². The van der Waals surface area contributed by atoms with Crippen molar-refractivity contribution in [1.29, 1.82) is 0 Å². The van der Waals surface area contributed by atoms with E-state index in [-0.39, 0.29) is 19.0 Å². The fourth-order valence-electron chi connectivity index (χ4n) is 3.48. The first kappa shape index (κ1) is 27.5. The Labute approximate surface area is 221 Å². The predicted molar refractivity (Wildman–Crippen MR) is 134 cm³/mol. The number of methoxy groups -OCH3 is 1. The number of ether oxygens (including phenoxy) is 2. The van der Waals surface area contributed by atoms with Gasteiger partial charge in [0.15, 0.2) is 16.9 Å². The maximum Gasteiger partial charge on any atom is 0.439 e. The number of rotatable bonds is 11. The highest BCUT2D eigenvalue weighted by Gasteiger charge is 2.30. The number of halogens is 3. The van der Waals surface area contributed by atoms with E-state index in [4.69, 9.17) is 13.7 Å². The Morgan fingerprint density at radius 2 is 1.92 bits per heavy atom. The number of hydrogen-bond donors (Lipinski definition) is 1. The van der Waals surface area contributed by atoms with Gasteiger partial charge in [-0.3, -0.25) is 13.7 Å². The minimum atomic E-state index is -4.43. The second kappa shape index (κ2) is 11.9. The molecule has 0 spiro atoms. The molecular formula is C24H22F3N3O6S2. The summed E-state index contributed by atoms with van der Waals surface area (Å²) in [5.41, 5.74) is 1.02. The molecule has 1 N–H and O–H groups in total. The number of thiazole rings is 1. The molecule has 1 atom stereocenters. The van der Waals surface area contributed by atoms with Crippen LogP contribution >= 0.6 is 11.3 Å². The molecule has 0 aliphatic rings. The average Bonchev–Trinajstić information content (AvgIpc) is 3.50. The summed E-state index contributed by atoms with van der Waals surface area (Å²) in [6, 6.07) is 9.77. The third-order valence-corrected chi connectivity index (χ3v) is 6.90. The van der Waals surface area contributed by atoms with E-state index in [1.165, 1.54) is 36.8 Å². The van der Waals surface area contributed by atoms with Crippen molar-refractivity contribution in [3.63, 3.8) is 0 Å². The van der Waals surface area contributed by atoms with Crippen molar-refractivity contribution in [2.75, 3.05) is 20.0 Å². The monoisotopic (exact) mass is 569 g/mol. The smallest absolute Gasteiger partial charge is 0.439 e. The number of aromatic nitrogens is 3. The summed E-state index contributed by atoms with van der Waals surface area (Å²) in [7, 11) is 1.46. The lowest BCUT2D eigenvalue weighted by molar-refractivity contribution is -0.137. The number of alkyl halides is 3. The molecule has 2 aromatic heterocycles. The van der Waals surface area contributed by atoms with Gasteiger partial charge in [-0.2, -0.15) is 13.2 Å². The molecule has 0 aliphatic carbocycles. The van der Waals surface area contributed by atoms with Crippen LogP contribution in [-0.2, 0) is 34.5 Å². The molecule has 0 bridgehead atoms. The van der Waals surface area contributed by atoms with Crippen molar-refractivity contribution in [3.8, 4) is 33.5 Å². The molecule has 2 heterocycles. The summed E-state index contributed by atoms with van der Waals surface area (Å²) in [5.74, 6) is 0.377. The molecule has 4 rings (SSSR count). The molecule has 0 fully saturated rings. The van der Waals surface area contributed by atoms with E-state index in [9.17, 15) is 22.2 Å². The van der Waals surface area contributed by atoms with E-state index < -0.39 is 28.6 Å². The van der Waals surface area contributed by atoms with E-state index in [1.54, 1.807) is 18.2 Å². The molecule has 202 valence electrons. The standard InChI is InChI=1S/C24H22F3N3O6S2/c1-33-19-12-16(9-10-17(19)21-29-23(31)36-30-21)34-13-20-18(4-3-11-35-38(2)32)28-22(37-20)14-5-7-15(8-6-14)24(25,26)27/h5-10,12H,3-4,11,13H2,1-2H3,(H,29,30,31). The molecule has 4 aromatic rings. The fourth-order valence-corrected chi connectivity index (χ4v) is 4.86. The van der Waals surface area contributed by atoms with Crippen molar-refractivity contribution >= 4 is 22.4 Å². The van der Waals surface area contributed by atoms with Crippen LogP contribution in [0.3, 0.4) is 0 Å². The minimum Gasteiger partial charge on any atom is -0.496 e. The Morgan fingerprint density at radius 1 is 1.16 bits per heavy atom. The van der Waals surface area contributed by atoms with E-state index >= 15 is 0 Å². The molecule has 9 nitrogen and oxygen atoms in total. The van der Waals surface area contributed by atoms with Gasteiger partial charge in [-0.25, -0.2) is 14.0 Å². The quantitative estimate of drug-likeness (QED) is 0.251. The maximum absolute atomic E-state index is 13.0. The lowest BCUT2D eigenvalue weighted by atomic mass is 10.1. The first-order valence-corrected chi connectivity index (χ1v) is 13.4. The number of nitrogens with one attached hydrogen (secondary N) is 1. The number of aryl methyl sites for hydroxylation is 1. The molecule has 2 aromatic carbocycles. The lowest BCUT2D eigenvalue weighted by Gasteiger charge is -2.10. The molecule has 0 saturated heterocycles. The van der Waals surface area contributed by atoms with Crippen LogP contribution in [0.2, 0.25) is 0 Å². The van der Waals surface area contributed by atoms with Crippen LogP contribution in [0.4, 0.5) is 13.2 Å². The first-order valence-electron chi connectivity index (χ1n) is 11.1. The van der Waals surface area contributed by atoms with Crippen molar-refractivity contribution in [2.24, 2.45) is 0 Å². The molecular weight excluding hydrogens is 547 g/mol. The Morgan fingerprint density at radius 3 is 2.55 bits per heavy atom. The van der Waals surface area contributed by atoms with Gasteiger partial charge in [-0.05, 0) is 37.1 Å². The number of hydrogen-bond acceptors (Lipinski definition) is 9. The highest BCUT2D eigenvalue weighted by atomic mass is 32.2. The molecule has 14 heteroatoms. The zero-order chi connectivity index (χ0) is 27.3. The van der Waals surface area contributed by atoms with Crippen molar-refractivity contribution in [2.45, 2.75) is 25.6 Å². The van der Waals surface area contributed by atoms with Gasteiger partial charge in [0.2, 0.25) is 0 Å². The molecule has 0 saturated carbocycles. The summed E-state index contributed by atoms with van der Waals surface area (Å²) in [6.45, 7) is 0.400. The van der Waals surface area contributed by atoms with Crippen LogP contribution in [0, 0.1) is 0 Å². The van der Waals surface area contributed by atoms with E-state index in [1.807, 2.05) is 0 Å². The first-order chi connectivity index (χ1) is 18.1. The molecule has 38 heavy (non-hydrogen) atoms. The van der Waals surface area contributed by atoms with E-state index in [2.05, 4.69) is 19.6 Å². The Bertz CT molecular complexity index is 1460. The number of benzene rings is 2. The van der Waals surface area contributed by atoms with Crippen molar-refractivity contribution in [3.05, 3.63) is 69.1 Å². The SMILES string of the molecule is COc1cc(OCc2sc(-c3ccc(C(F)(F)F)cc3)nc2CCCOS(C)=O)ccc1-c1noc(=O)[nH]1. The fraction of sp³-hybridized carbons (Fsp3) is 0.292. The zero-order valence-electron chi connectivity index (χ0n) is 20.2. The normalized spacial score (nSPS) is 12.4. The van der Waals surface area contributed by atoms with Gasteiger partial charge < -0.3 is 9.47 Å². The Balaban J connectivity index is 1.55. The van der Waals surface area contributed by atoms with Crippen LogP contribution < -0.4 is 15.2 Å². The van der Waals surface area contributed by atoms with Gasteiger partial charge in [0.25, 0.3) is 0 Å². The molecule has 1 unspecified atom stereocenters. The average molecular weight is 570 g/mol. The topological polar surface area (TPSA) is 117 Å². The summed E-state index contributed by atoms with van der Waals surface area (Å²) < 4.78 is 71.1. The zero-order valence-corrected chi connectivity index (χ0v) is 21.8. The summed E-state index contributed by atoms with van der Waals surface area (Å²) in [6.07, 6.45) is -1.95. The largest absolute Gasteiger partial charge is 0.496 e. The summed E-state index contributed by atoms with van der Waals surface area (Å²) >= 11 is -0.0746. The molecule has 0 aliphatic heterocycles. The van der Waals surface area contributed by atoms with Gasteiger partial charge >= 0.3 is 11.9 Å². The van der Waals surface area contributed by atoms with Gasteiger partial charge in [0.1, 0.15) is 23.1 Å². The second-order valence-electron chi connectivity index (χ2n) is 7.89. The predicted octanol–water partition coefficient (Wildman–Crippen LogP) is 5.00. The van der Waals surface area contributed by atoms with Crippen LogP contribution in [0.15, 0.2) is 51.8 Å². The number of aromatic amines is 1. The minimum absolute atomic E-state index is 0.136. The van der Waals surface area contributed by atoms with Gasteiger partial charge in [0, 0.05) is 17.9 Å². The highest BCUT2D eigenvalue weighted by Crippen LogP contribution is 2.35. The van der Waals surface area contributed by atoms with Crippen LogP contribution in [-0.4, -0.2) is 39.3 Å². The highest BCUT2D eigenvalue weighted by molar-refractivity contribution is 7.79. The molecule has 0 radical (unpaired) electrons. The third kappa shape index (κ3) is 6.88. The maximum atomic E-state index is 13.0. The van der Waals surface area contributed by atoms with Gasteiger partial charge in [-0.1, -0.05) is 17.3 Å². The number of nitrogens with zero attached hydrogens (tertiary/aromatic N) is 2. The molecule has 0 amide bonds. The Hall–Kier alpha value is -3.49. The summed E-state index contributed by atoms with van der Waals surface area (Å²) in [4.78, 5) is 19.2. The third-order valence-electron chi connectivity index (χ3n) is 5.28. The van der Waals surface area contributed by atoms with Crippen LogP contribution in [0.25, 0.3) is 22.0 Å². The lowest BCUT2D eigenvalue weighted by Crippen LogP contribution is -2.04. The van der Waals surface area contributed by atoms with Gasteiger partial charge in [-0.15, -0.1) is 11.3 Å². The van der Waals surface area contributed by atoms with Crippen LogP contribution in [0.5, 0.6) is 11.5 Å². The van der Waals surface area contributed by atoms with Gasteiger partial charge in [0.05, 0.1) is 35.4 Å². The van der Waals surface area contributed by atoms with Crippen LogP contribution in [0.1, 0.15) is 22.6 Å². The second-order valence-corrected chi connectivity index (χ2v) is 10.0. The number of H-pyrrole nitrogens is 1. The van der Waals surface area contributed by atoms with Crippen molar-refractivity contribution < 1.29 is 35.6 Å².